The first-order valence-corrected chi connectivity index (χ1v) is 12.0. The van der Waals surface area contributed by atoms with Crippen LogP contribution in [0.25, 0.3) is 15.5 Å². The normalized spacial score (nSPS) is 13.8. The van der Waals surface area contributed by atoms with Gasteiger partial charge in [-0.2, -0.15) is 9.61 Å². The summed E-state index contributed by atoms with van der Waals surface area (Å²) in [7, 11) is 3.11. The lowest BCUT2D eigenvalue weighted by molar-refractivity contribution is 0.0745. The minimum Gasteiger partial charge on any atom is -0.497 e. The number of methoxy groups -OCH3 is 2. The largest absolute Gasteiger partial charge is 0.497 e. The van der Waals surface area contributed by atoms with Crippen LogP contribution in [0, 0.1) is 6.92 Å². The Morgan fingerprint density at radius 2 is 1.69 bits per heavy atom. The van der Waals surface area contributed by atoms with Crippen LogP contribution in [0.4, 0.5) is 5.82 Å². The van der Waals surface area contributed by atoms with Gasteiger partial charge in [-0.15, -0.1) is 0 Å². The van der Waals surface area contributed by atoms with Crippen molar-refractivity contribution in [2.75, 3.05) is 45.3 Å². The smallest absolute Gasteiger partial charge is 0.277 e. The summed E-state index contributed by atoms with van der Waals surface area (Å²) in [5, 5.41) is 5.22. The maximum atomic E-state index is 13.1. The van der Waals surface area contributed by atoms with Crippen LogP contribution in [0.5, 0.6) is 11.5 Å². The Balaban J connectivity index is 1.33. The molecule has 0 bridgehead atoms. The fraction of sp³-hybridized carbons (Fsp3) is 0.280. The van der Waals surface area contributed by atoms with Gasteiger partial charge < -0.3 is 19.3 Å². The Labute approximate surface area is 206 Å². The molecule has 180 valence electrons. The molecule has 2 aromatic carbocycles. The summed E-state index contributed by atoms with van der Waals surface area (Å²) < 4.78 is 11.9. The van der Waals surface area contributed by atoms with Crippen LogP contribution in [0.1, 0.15) is 15.9 Å². The van der Waals surface area contributed by atoms with E-state index in [1.807, 2.05) is 36.1 Å². The highest BCUT2D eigenvalue weighted by Gasteiger charge is 2.25. The van der Waals surface area contributed by atoms with Crippen molar-refractivity contribution in [3.8, 4) is 22.1 Å². The molecule has 4 aromatic rings. The number of anilines is 1. The number of carbonyl (C=O) groups is 1. The molecule has 0 spiro atoms. The third-order valence-electron chi connectivity index (χ3n) is 5.99. The molecular formula is C25H25N5O4S. The van der Waals surface area contributed by atoms with Crippen molar-refractivity contribution in [1.82, 2.24) is 19.5 Å². The number of hydrogen-bond acceptors (Lipinski definition) is 8. The van der Waals surface area contributed by atoms with E-state index >= 15 is 0 Å². The Bertz CT molecular complexity index is 1430. The summed E-state index contributed by atoms with van der Waals surface area (Å²) in [5.41, 5.74) is 2.38. The third-order valence-corrected chi connectivity index (χ3v) is 6.94. The van der Waals surface area contributed by atoms with Crippen molar-refractivity contribution < 1.29 is 14.3 Å². The second kappa shape index (κ2) is 9.38. The maximum absolute atomic E-state index is 13.1. The second-order valence-electron chi connectivity index (χ2n) is 8.30. The minimum absolute atomic E-state index is 0.0874. The molecular weight excluding hydrogens is 466 g/mol. The highest BCUT2D eigenvalue weighted by Crippen LogP contribution is 2.27. The zero-order valence-electron chi connectivity index (χ0n) is 19.7. The van der Waals surface area contributed by atoms with Crippen molar-refractivity contribution in [2.24, 2.45) is 0 Å². The van der Waals surface area contributed by atoms with Crippen LogP contribution in [-0.4, -0.2) is 65.8 Å². The Morgan fingerprint density at radius 1 is 0.971 bits per heavy atom. The highest BCUT2D eigenvalue weighted by molar-refractivity contribution is 7.19. The Morgan fingerprint density at radius 3 is 2.34 bits per heavy atom. The summed E-state index contributed by atoms with van der Waals surface area (Å²) in [6.45, 7) is 4.18. The molecule has 2 aromatic heterocycles. The fourth-order valence-electron chi connectivity index (χ4n) is 4.11. The van der Waals surface area contributed by atoms with Gasteiger partial charge in [0.2, 0.25) is 4.96 Å². The number of amides is 1. The van der Waals surface area contributed by atoms with Crippen molar-refractivity contribution in [3.05, 3.63) is 70.0 Å². The number of benzene rings is 2. The van der Waals surface area contributed by atoms with Crippen LogP contribution < -0.4 is 19.9 Å². The molecule has 1 aliphatic rings. The Hall–Kier alpha value is -3.92. The molecule has 3 heterocycles. The highest BCUT2D eigenvalue weighted by atomic mass is 32.1. The number of aromatic nitrogens is 3. The fourth-order valence-corrected chi connectivity index (χ4v) is 5.00. The first kappa shape index (κ1) is 22.9. The van der Waals surface area contributed by atoms with Crippen LogP contribution in [0.3, 0.4) is 0 Å². The topological polar surface area (TPSA) is 89.3 Å². The molecule has 0 aliphatic carbocycles. The monoisotopic (exact) mass is 491 g/mol. The zero-order chi connectivity index (χ0) is 24.5. The minimum atomic E-state index is -0.220. The molecule has 0 N–H and O–H groups in total. The molecule has 9 nitrogen and oxygen atoms in total. The van der Waals surface area contributed by atoms with Crippen LogP contribution in [-0.2, 0) is 0 Å². The number of piperazine rings is 1. The van der Waals surface area contributed by atoms with Gasteiger partial charge in [-0.3, -0.25) is 9.59 Å². The van der Waals surface area contributed by atoms with E-state index in [2.05, 4.69) is 5.10 Å². The van der Waals surface area contributed by atoms with E-state index in [1.165, 1.54) is 21.9 Å². The van der Waals surface area contributed by atoms with Crippen molar-refractivity contribution in [3.63, 3.8) is 0 Å². The number of carbonyl (C=O) groups excluding carboxylic acids is 1. The van der Waals surface area contributed by atoms with Gasteiger partial charge in [0.05, 0.1) is 14.2 Å². The second-order valence-corrected chi connectivity index (χ2v) is 9.26. The number of hydrogen-bond donors (Lipinski definition) is 0. The van der Waals surface area contributed by atoms with Gasteiger partial charge >= 0.3 is 0 Å². The van der Waals surface area contributed by atoms with E-state index in [0.29, 0.717) is 54.0 Å². The maximum Gasteiger partial charge on any atom is 0.277 e. The van der Waals surface area contributed by atoms with Gasteiger partial charge in [-0.05, 0) is 25.1 Å². The van der Waals surface area contributed by atoms with Gasteiger partial charge in [0.1, 0.15) is 22.3 Å². The third kappa shape index (κ3) is 4.57. The molecule has 35 heavy (non-hydrogen) atoms. The van der Waals surface area contributed by atoms with Crippen LogP contribution in [0.2, 0.25) is 0 Å². The molecule has 5 rings (SSSR count). The van der Waals surface area contributed by atoms with E-state index in [9.17, 15) is 9.59 Å². The van der Waals surface area contributed by atoms with Gasteiger partial charge in [0, 0.05) is 49.4 Å². The lowest BCUT2D eigenvalue weighted by Gasteiger charge is -2.35. The van der Waals surface area contributed by atoms with Gasteiger partial charge in [-0.1, -0.05) is 35.1 Å². The lowest BCUT2D eigenvalue weighted by Crippen LogP contribution is -2.49. The molecule has 1 amide bonds. The van der Waals surface area contributed by atoms with Crippen molar-refractivity contribution in [1.29, 1.82) is 0 Å². The summed E-state index contributed by atoms with van der Waals surface area (Å²) >= 11 is 1.39. The SMILES string of the molecule is COc1cc(OC)cc(C(=O)N2CCN(c3cc(=O)n4nc(-c5cccc(C)c5)sc4n3)CC2)c1. The Kier molecular flexibility index (Phi) is 6.12. The number of ether oxygens (including phenoxy) is 2. The molecule has 1 fully saturated rings. The standard InChI is InChI=1S/C25H25N5O4S/c1-16-5-4-6-17(11-16)23-27-30-22(31)15-21(26-25(30)35-23)28-7-9-29(10-8-28)24(32)18-12-19(33-2)14-20(13-18)34-3/h4-6,11-15H,7-10H2,1-3H3. The number of rotatable bonds is 5. The molecule has 0 radical (unpaired) electrons. The first-order valence-electron chi connectivity index (χ1n) is 11.2. The molecule has 10 heteroatoms. The number of fused-ring (bicyclic) bond motifs is 1. The average Bonchev–Trinajstić information content (AvgIpc) is 3.33. The molecule has 0 saturated carbocycles. The predicted octanol–water partition coefficient (Wildman–Crippen LogP) is 3.11. The van der Waals surface area contributed by atoms with E-state index < -0.39 is 0 Å². The predicted molar refractivity (Wildman–Crippen MR) is 135 cm³/mol. The van der Waals surface area contributed by atoms with Crippen molar-refractivity contribution in [2.45, 2.75) is 6.92 Å². The zero-order valence-corrected chi connectivity index (χ0v) is 20.5. The summed E-state index contributed by atoms with van der Waals surface area (Å²) in [4.78, 5) is 35.0. The van der Waals surface area contributed by atoms with E-state index in [1.54, 1.807) is 37.3 Å². The van der Waals surface area contributed by atoms with Crippen molar-refractivity contribution >= 4 is 28.0 Å². The molecule has 1 saturated heterocycles. The summed E-state index contributed by atoms with van der Waals surface area (Å²) in [5.74, 6) is 1.65. The first-order chi connectivity index (χ1) is 16.9. The van der Waals surface area contributed by atoms with E-state index in [-0.39, 0.29) is 11.5 Å². The van der Waals surface area contributed by atoms with E-state index in [4.69, 9.17) is 14.5 Å². The molecule has 0 atom stereocenters. The van der Waals surface area contributed by atoms with Gasteiger partial charge in [-0.25, -0.2) is 4.98 Å². The van der Waals surface area contributed by atoms with Gasteiger partial charge in [0.25, 0.3) is 11.5 Å². The lowest BCUT2D eigenvalue weighted by atomic mass is 10.1. The molecule has 0 unspecified atom stereocenters. The van der Waals surface area contributed by atoms with Gasteiger partial charge in [0.15, 0.2) is 0 Å². The van der Waals surface area contributed by atoms with Crippen LogP contribution >= 0.6 is 11.3 Å². The summed E-state index contributed by atoms with van der Waals surface area (Å²) in [6.07, 6.45) is 0. The average molecular weight is 492 g/mol. The number of aryl methyl sites for hydroxylation is 1. The molecule has 1 aliphatic heterocycles. The van der Waals surface area contributed by atoms with E-state index in [0.717, 1.165) is 16.1 Å². The number of nitrogens with zero attached hydrogens (tertiary/aromatic N) is 5. The summed E-state index contributed by atoms with van der Waals surface area (Å²) in [6, 6.07) is 14.7. The van der Waals surface area contributed by atoms with Crippen LogP contribution in [0.15, 0.2) is 53.3 Å². The quantitative estimate of drug-likeness (QED) is 0.424.